The number of rotatable bonds is 2. The third-order valence-corrected chi connectivity index (χ3v) is 4.26. The molecule has 0 amide bonds. The molecule has 1 aromatic carbocycles. The highest BCUT2D eigenvalue weighted by Crippen LogP contribution is 2.34. The number of nitrogens with zero attached hydrogens (tertiary/aromatic N) is 2. The third kappa shape index (κ3) is 2.16. The van der Waals surface area contributed by atoms with Crippen molar-refractivity contribution in [2.24, 2.45) is 0 Å². The van der Waals surface area contributed by atoms with Crippen LogP contribution in [0.1, 0.15) is 34.6 Å². The third-order valence-electron chi connectivity index (χ3n) is 3.76. The van der Waals surface area contributed by atoms with E-state index in [0.29, 0.717) is 0 Å². The molecule has 104 valence electrons. The molecule has 0 unspecified atom stereocenters. The van der Waals surface area contributed by atoms with E-state index >= 15 is 0 Å². The number of aromatic carboxylic acids is 1. The van der Waals surface area contributed by atoms with Gasteiger partial charge < -0.3 is 5.11 Å². The largest absolute Gasteiger partial charge is 0.476 e. The second-order valence-corrected chi connectivity index (χ2v) is 6.03. The van der Waals surface area contributed by atoms with Gasteiger partial charge in [0.15, 0.2) is 5.69 Å². The van der Waals surface area contributed by atoms with Crippen LogP contribution in [0.5, 0.6) is 0 Å². The molecule has 20 heavy (non-hydrogen) atoms. The summed E-state index contributed by atoms with van der Waals surface area (Å²) in [7, 11) is 0. The van der Waals surface area contributed by atoms with Crippen LogP contribution in [0.3, 0.4) is 0 Å². The SMILES string of the molecule is Cc1ccc(Br)cc1-c1c(C(=O)O)nn2c1CCCC2. The summed E-state index contributed by atoms with van der Waals surface area (Å²) in [4.78, 5) is 11.5. The van der Waals surface area contributed by atoms with E-state index in [4.69, 9.17) is 0 Å². The molecule has 0 aliphatic carbocycles. The molecule has 1 N–H and O–H groups in total. The molecule has 2 aromatic rings. The van der Waals surface area contributed by atoms with Gasteiger partial charge in [-0.05, 0) is 49.4 Å². The predicted octanol–water partition coefficient (Wildman–Crippen LogP) is 3.66. The van der Waals surface area contributed by atoms with Gasteiger partial charge in [0.2, 0.25) is 0 Å². The van der Waals surface area contributed by atoms with Gasteiger partial charge in [-0.3, -0.25) is 4.68 Å². The summed E-state index contributed by atoms with van der Waals surface area (Å²) in [5, 5.41) is 13.7. The summed E-state index contributed by atoms with van der Waals surface area (Å²) in [5.41, 5.74) is 4.03. The minimum Gasteiger partial charge on any atom is -0.476 e. The first-order chi connectivity index (χ1) is 9.58. The number of aryl methyl sites for hydroxylation is 2. The maximum atomic E-state index is 11.5. The Balaban J connectivity index is 2.28. The molecule has 0 saturated carbocycles. The van der Waals surface area contributed by atoms with E-state index in [2.05, 4.69) is 21.0 Å². The Morgan fingerprint density at radius 1 is 1.40 bits per heavy atom. The van der Waals surface area contributed by atoms with Crippen LogP contribution in [-0.2, 0) is 13.0 Å². The van der Waals surface area contributed by atoms with Crippen LogP contribution in [0.4, 0.5) is 0 Å². The molecule has 4 nitrogen and oxygen atoms in total. The second-order valence-electron chi connectivity index (χ2n) is 5.11. The predicted molar refractivity (Wildman–Crippen MR) is 80.0 cm³/mol. The zero-order valence-electron chi connectivity index (χ0n) is 11.2. The van der Waals surface area contributed by atoms with Crippen molar-refractivity contribution in [2.45, 2.75) is 32.7 Å². The number of hydrogen-bond acceptors (Lipinski definition) is 2. The average Bonchev–Trinajstić information content (AvgIpc) is 2.81. The molecule has 1 aliphatic rings. The molecule has 0 radical (unpaired) electrons. The van der Waals surface area contributed by atoms with Crippen molar-refractivity contribution >= 4 is 21.9 Å². The van der Waals surface area contributed by atoms with Crippen molar-refractivity contribution in [3.63, 3.8) is 0 Å². The first kappa shape index (κ1) is 13.4. The topological polar surface area (TPSA) is 55.1 Å². The summed E-state index contributed by atoms with van der Waals surface area (Å²) in [5.74, 6) is -0.957. The summed E-state index contributed by atoms with van der Waals surface area (Å²) >= 11 is 3.46. The Bertz CT molecular complexity index is 691. The first-order valence-corrected chi connectivity index (χ1v) is 7.46. The number of carboxylic acids is 1. The van der Waals surface area contributed by atoms with Crippen molar-refractivity contribution in [2.75, 3.05) is 0 Å². The van der Waals surface area contributed by atoms with Gasteiger partial charge in [-0.15, -0.1) is 0 Å². The Morgan fingerprint density at radius 3 is 2.95 bits per heavy atom. The number of hydrogen-bond donors (Lipinski definition) is 1. The Labute approximate surface area is 125 Å². The summed E-state index contributed by atoms with van der Waals surface area (Å²) < 4.78 is 2.81. The van der Waals surface area contributed by atoms with Crippen LogP contribution in [0, 0.1) is 6.92 Å². The second kappa shape index (κ2) is 5.05. The molecule has 5 heteroatoms. The standard InChI is InChI=1S/C15H15BrN2O2/c1-9-5-6-10(16)8-11(9)13-12-4-2-3-7-18(12)17-14(13)15(19)20/h5-6,8H,2-4,7H2,1H3,(H,19,20). The fraction of sp³-hybridized carbons (Fsp3) is 0.333. The molecule has 0 saturated heterocycles. The lowest BCUT2D eigenvalue weighted by Crippen LogP contribution is -2.11. The van der Waals surface area contributed by atoms with Gasteiger partial charge in [0.25, 0.3) is 0 Å². The van der Waals surface area contributed by atoms with Gasteiger partial charge in [0, 0.05) is 22.3 Å². The zero-order valence-corrected chi connectivity index (χ0v) is 12.8. The summed E-state index contributed by atoms with van der Waals surface area (Å²) in [6.45, 7) is 2.81. The van der Waals surface area contributed by atoms with E-state index in [0.717, 1.165) is 52.7 Å². The van der Waals surface area contributed by atoms with E-state index in [1.54, 1.807) is 0 Å². The molecule has 3 rings (SSSR count). The lowest BCUT2D eigenvalue weighted by atomic mass is 9.95. The number of carboxylic acid groups (broad SMARTS) is 1. The molecule has 0 fully saturated rings. The van der Waals surface area contributed by atoms with Gasteiger partial charge >= 0.3 is 5.97 Å². The van der Waals surface area contributed by atoms with Gasteiger partial charge in [-0.1, -0.05) is 22.0 Å². The molecule has 0 bridgehead atoms. The highest BCUT2D eigenvalue weighted by molar-refractivity contribution is 9.10. The summed E-state index contributed by atoms with van der Waals surface area (Å²) in [6, 6.07) is 5.95. The first-order valence-electron chi connectivity index (χ1n) is 6.67. The Morgan fingerprint density at radius 2 is 2.20 bits per heavy atom. The van der Waals surface area contributed by atoms with E-state index < -0.39 is 5.97 Å². The van der Waals surface area contributed by atoms with Gasteiger partial charge in [0.05, 0.1) is 0 Å². The van der Waals surface area contributed by atoms with Crippen LogP contribution in [-0.4, -0.2) is 20.9 Å². The molecule has 0 spiro atoms. The highest BCUT2D eigenvalue weighted by Gasteiger charge is 2.26. The van der Waals surface area contributed by atoms with E-state index in [1.807, 2.05) is 29.8 Å². The van der Waals surface area contributed by atoms with Crippen LogP contribution in [0.15, 0.2) is 22.7 Å². The number of halogens is 1. The van der Waals surface area contributed by atoms with Gasteiger partial charge in [0.1, 0.15) is 0 Å². The van der Waals surface area contributed by atoms with Crippen molar-refractivity contribution in [1.82, 2.24) is 9.78 Å². The van der Waals surface area contributed by atoms with E-state index in [-0.39, 0.29) is 5.69 Å². The number of fused-ring (bicyclic) bond motifs is 1. The van der Waals surface area contributed by atoms with Crippen molar-refractivity contribution in [3.8, 4) is 11.1 Å². The van der Waals surface area contributed by atoms with Crippen LogP contribution < -0.4 is 0 Å². The fourth-order valence-corrected chi connectivity index (χ4v) is 3.15. The van der Waals surface area contributed by atoms with Gasteiger partial charge in [-0.2, -0.15) is 5.10 Å². The van der Waals surface area contributed by atoms with Gasteiger partial charge in [-0.25, -0.2) is 4.79 Å². The molecule has 1 aromatic heterocycles. The number of benzene rings is 1. The number of carbonyl (C=O) groups is 1. The van der Waals surface area contributed by atoms with E-state index in [9.17, 15) is 9.90 Å². The smallest absolute Gasteiger partial charge is 0.357 e. The van der Waals surface area contributed by atoms with Crippen molar-refractivity contribution in [3.05, 3.63) is 39.6 Å². The minimum atomic E-state index is -0.957. The molecular formula is C15H15BrN2O2. The van der Waals surface area contributed by atoms with Crippen LogP contribution in [0.2, 0.25) is 0 Å². The lowest BCUT2D eigenvalue weighted by molar-refractivity contribution is 0.0690. The van der Waals surface area contributed by atoms with Crippen LogP contribution in [0.25, 0.3) is 11.1 Å². The monoisotopic (exact) mass is 334 g/mol. The Hall–Kier alpha value is -1.62. The normalized spacial score (nSPS) is 14.1. The van der Waals surface area contributed by atoms with Crippen molar-refractivity contribution in [1.29, 1.82) is 0 Å². The quantitative estimate of drug-likeness (QED) is 0.911. The molecule has 0 atom stereocenters. The average molecular weight is 335 g/mol. The number of aromatic nitrogens is 2. The van der Waals surface area contributed by atoms with Crippen LogP contribution >= 0.6 is 15.9 Å². The van der Waals surface area contributed by atoms with E-state index in [1.165, 1.54) is 0 Å². The molecule has 1 aliphatic heterocycles. The Kier molecular flexibility index (Phi) is 3.38. The maximum absolute atomic E-state index is 11.5. The fourth-order valence-electron chi connectivity index (χ4n) is 2.79. The molecule has 2 heterocycles. The zero-order chi connectivity index (χ0) is 14.3. The summed E-state index contributed by atoms with van der Waals surface area (Å²) in [6.07, 6.45) is 3.04. The molecular weight excluding hydrogens is 320 g/mol. The van der Waals surface area contributed by atoms with Crippen molar-refractivity contribution < 1.29 is 9.90 Å². The minimum absolute atomic E-state index is 0.170. The maximum Gasteiger partial charge on any atom is 0.357 e. The highest BCUT2D eigenvalue weighted by atomic mass is 79.9. The lowest BCUT2D eigenvalue weighted by Gasteiger charge is -2.15.